The zero-order valence-corrected chi connectivity index (χ0v) is 12.6. The highest BCUT2D eigenvalue weighted by Crippen LogP contribution is 2.32. The number of benzene rings is 2. The Kier molecular flexibility index (Phi) is 4.62. The minimum Gasteiger partial charge on any atom is -0.312 e. The normalized spacial score (nSPS) is 13.0. The first-order valence-corrected chi connectivity index (χ1v) is 6.73. The molecule has 2 aromatic carbocycles. The lowest BCUT2D eigenvalue weighted by Crippen LogP contribution is -2.25. The fourth-order valence-electron chi connectivity index (χ4n) is 2.85. The van der Waals surface area contributed by atoms with Gasteiger partial charge in [0.15, 0.2) is 0 Å². The van der Waals surface area contributed by atoms with Crippen molar-refractivity contribution in [2.45, 2.75) is 19.9 Å². The highest BCUT2D eigenvalue weighted by Gasteiger charge is 2.18. The summed E-state index contributed by atoms with van der Waals surface area (Å²) < 4.78 is 13.9. The molecule has 0 aromatic heterocycles. The summed E-state index contributed by atoms with van der Waals surface area (Å²) in [4.78, 5) is 0. The summed E-state index contributed by atoms with van der Waals surface area (Å²) in [6.07, 6.45) is 0.727. The summed E-state index contributed by atoms with van der Waals surface area (Å²) in [6, 6.07) is 11.2. The maximum absolute atomic E-state index is 13.9. The van der Waals surface area contributed by atoms with E-state index in [1.165, 1.54) is 0 Å². The maximum atomic E-state index is 13.9. The number of nitrogens with zero attached hydrogens (tertiary/aromatic N) is 1. The molecule has 0 unspecified atom stereocenters. The summed E-state index contributed by atoms with van der Waals surface area (Å²) >= 11 is 0. The lowest BCUT2D eigenvalue weighted by molar-refractivity contribution is 0.570. The van der Waals surface area contributed by atoms with E-state index >= 15 is 0 Å². The predicted molar refractivity (Wildman–Crippen MR) is 83.9 cm³/mol. The van der Waals surface area contributed by atoms with Gasteiger partial charge in [0.05, 0.1) is 11.6 Å². The number of rotatable bonds is 1. The lowest BCUT2D eigenvalue weighted by atomic mass is 9.89. The summed E-state index contributed by atoms with van der Waals surface area (Å²) in [5, 5.41) is 12.2. The Bertz CT molecular complexity index is 719. The Morgan fingerprint density at radius 2 is 1.90 bits per heavy atom. The van der Waals surface area contributed by atoms with E-state index in [0.717, 1.165) is 40.8 Å². The molecule has 0 atom stereocenters. The third kappa shape index (κ3) is 2.78. The van der Waals surface area contributed by atoms with Crippen molar-refractivity contribution in [1.29, 1.82) is 5.26 Å². The highest BCUT2D eigenvalue weighted by molar-refractivity contribution is 5.85. The molecule has 4 heteroatoms. The van der Waals surface area contributed by atoms with Gasteiger partial charge in [0.2, 0.25) is 0 Å². The second-order valence-electron chi connectivity index (χ2n) is 5.12. The van der Waals surface area contributed by atoms with Gasteiger partial charge in [-0.15, -0.1) is 12.4 Å². The number of hydrogen-bond donors (Lipinski definition) is 1. The molecular weight excluding hydrogens is 287 g/mol. The van der Waals surface area contributed by atoms with Gasteiger partial charge in [0.25, 0.3) is 0 Å². The highest BCUT2D eigenvalue weighted by atomic mass is 35.5. The number of hydrogen-bond acceptors (Lipinski definition) is 2. The smallest absolute Gasteiger partial charge is 0.126 e. The largest absolute Gasteiger partial charge is 0.312 e. The molecular formula is C17H16ClFN2. The van der Waals surface area contributed by atoms with Gasteiger partial charge in [-0.05, 0) is 65.9 Å². The van der Waals surface area contributed by atoms with Crippen LogP contribution in [0.15, 0.2) is 30.3 Å². The first-order chi connectivity index (χ1) is 9.70. The number of halogens is 2. The second-order valence-corrected chi connectivity index (χ2v) is 5.12. The number of nitrogens with one attached hydrogen (secondary N) is 1. The predicted octanol–water partition coefficient (Wildman–Crippen LogP) is 3.74. The van der Waals surface area contributed by atoms with Crippen LogP contribution in [0.25, 0.3) is 11.1 Å². The van der Waals surface area contributed by atoms with E-state index in [-0.39, 0.29) is 18.2 Å². The van der Waals surface area contributed by atoms with Crippen molar-refractivity contribution in [1.82, 2.24) is 5.32 Å². The fraction of sp³-hybridized carbons (Fsp3) is 0.235. The quantitative estimate of drug-likeness (QED) is 0.871. The molecule has 21 heavy (non-hydrogen) atoms. The van der Waals surface area contributed by atoms with Gasteiger partial charge >= 0.3 is 0 Å². The SMILES string of the molecule is Cc1cc(C#N)ccc1-c1ccc(F)c2c1CNCC2.Cl. The molecule has 0 saturated carbocycles. The van der Waals surface area contributed by atoms with Crippen molar-refractivity contribution in [3.8, 4) is 17.2 Å². The zero-order chi connectivity index (χ0) is 14.1. The molecule has 108 valence electrons. The molecule has 2 aromatic rings. The van der Waals surface area contributed by atoms with E-state index in [9.17, 15) is 4.39 Å². The summed E-state index contributed by atoms with van der Waals surface area (Å²) in [5.74, 6) is -0.114. The van der Waals surface area contributed by atoms with Crippen molar-refractivity contribution in [3.05, 3.63) is 58.4 Å². The summed E-state index contributed by atoms with van der Waals surface area (Å²) in [5.41, 5.74) is 5.71. The molecule has 1 aliphatic rings. The topological polar surface area (TPSA) is 35.8 Å². The van der Waals surface area contributed by atoms with E-state index in [1.54, 1.807) is 6.07 Å². The molecule has 0 fully saturated rings. The van der Waals surface area contributed by atoms with Crippen LogP contribution in [0, 0.1) is 24.1 Å². The lowest BCUT2D eigenvalue weighted by Gasteiger charge is -2.22. The van der Waals surface area contributed by atoms with Crippen LogP contribution in [0.4, 0.5) is 4.39 Å². The maximum Gasteiger partial charge on any atom is 0.126 e. The molecule has 1 heterocycles. The van der Waals surface area contributed by atoms with E-state index in [0.29, 0.717) is 12.1 Å². The Labute approximate surface area is 130 Å². The molecule has 1 aliphatic heterocycles. The Hall–Kier alpha value is -1.89. The third-order valence-corrected chi connectivity index (χ3v) is 3.87. The van der Waals surface area contributed by atoms with Crippen LogP contribution in [0.1, 0.15) is 22.3 Å². The van der Waals surface area contributed by atoms with Crippen molar-refractivity contribution in [3.63, 3.8) is 0 Å². The minimum absolute atomic E-state index is 0. The molecule has 0 aliphatic carbocycles. The molecule has 0 spiro atoms. The number of aryl methyl sites for hydroxylation is 1. The average molecular weight is 303 g/mol. The van der Waals surface area contributed by atoms with Crippen LogP contribution >= 0.6 is 12.4 Å². The van der Waals surface area contributed by atoms with E-state index in [1.807, 2.05) is 31.2 Å². The Morgan fingerprint density at radius 1 is 1.14 bits per heavy atom. The van der Waals surface area contributed by atoms with Crippen molar-refractivity contribution >= 4 is 12.4 Å². The summed E-state index contributed by atoms with van der Waals surface area (Å²) in [6.45, 7) is 3.50. The molecule has 0 radical (unpaired) electrons. The van der Waals surface area contributed by atoms with Crippen molar-refractivity contribution < 1.29 is 4.39 Å². The van der Waals surface area contributed by atoms with Crippen molar-refractivity contribution in [2.75, 3.05) is 6.54 Å². The van der Waals surface area contributed by atoms with Gasteiger partial charge < -0.3 is 5.32 Å². The fourth-order valence-corrected chi connectivity index (χ4v) is 2.85. The zero-order valence-electron chi connectivity index (χ0n) is 11.7. The Balaban J connectivity index is 0.00000161. The van der Waals surface area contributed by atoms with Crippen LogP contribution in [-0.2, 0) is 13.0 Å². The number of nitriles is 1. The molecule has 2 nitrogen and oxygen atoms in total. The second kappa shape index (κ2) is 6.26. The minimum atomic E-state index is -0.114. The summed E-state index contributed by atoms with van der Waals surface area (Å²) in [7, 11) is 0. The van der Waals surface area contributed by atoms with Crippen LogP contribution in [0.5, 0.6) is 0 Å². The van der Waals surface area contributed by atoms with Gasteiger partial charge in [-0.1, -0.05) is 12.1 Å². The van der Waals surface area contributed by atoms with Crippen LogP contribution in [0.2, 0.25) is 0 Å². The first kappa shape index (κ1) is 15.5. The standard InChI is InChI=1S/C17H15FN2.ClH/c1-11-8-12(9-19)2-3-13(11)14-4-5-17(18)15-6-7-20-10-16(14)15;/h2-5,8,20H,6-7,10H2,1H3;1H. The van der Waals surface area contributed by atoms with Crippen LogP contribution in [0.3, 0.4) is 0 Å². The van der Waals surface area contributed by atoms with Gasteiger partial charge in [0.1, 0.15) is 5.82 Å². The molecule has 0 bridgehead atoms. The third-order valence-electron chi connectivity index (χ3n) is 3.87. The molecule has 0 saturated heterocycles. The first-order valence-electron chi connectivity index (χ1n) is 6.73. The molecule has 1 N–H and O–H groups in total. The van der Waals surface area contributed by atoms with Gasteiger partial charge in [-0.25, -0.2) is 4.39 Å². The van der Waals surface area contributed by atoms with Gasteiger partial charge in [-0.2, -0.15) is 5.26 Å². The van der Waals surface area contributed by atoms with Crippen LogP contribution < -0.4 is 5.32 Å². The van der Waals surface area contributed by atoms with E-state index in [2.05, 4.69) is 11.4 Å². The molecule has 0 amide bonds. The average Bonchev–Trinajstić information content (AvgIpc) is 2.48. The molecule has 3 rings (SSSR count). The van der Waals surface area contributed by atoms with Crippen molar-refractivity contribution in [2.24, 2.45) is 0 Å². The number of fused-ring (bicyclic) bond motifs is 1. The Morgan fingerprint density at radius 3 is 2.62 bits per heavy atom. The van der Waals surface area contributed by atoms with Crippen LogP contribution in [-0.4, -0.2) is 6.54 Å². The van der Waals surface area contributed by atoms with Gasteiger partial charge in [0, 0.05) is 6.54 Å². The van der Waals surface area contributed by atoms with Gasteiger partial charge in [-0.3, -0.25) is 0 Å². The monoisotopic (exact) mass is 302 g/mol. The van der Waals surface area contributed by atoms with E-state index in [4.69, 9.17) is 5.26 Å². The van der Waals surface area contributed by atoms with E-state index < -0.39 is 0 Å².